The number of hydrogen-bond acceptors (Lipinski definition) is 0. The molecule has 0 N–H and O–H groups in total. The van der Waals surface area contributed by atoms with Crippen LogP contribution >= 0.6 is 0 Å². The number of aryl methyl sites for hydroxylation is 2. The molecule has 2 aromatic carbocycles. The van der Waals surface area contributed by atoms with Crippen molar-refractivity contribution in [1.29, 1.82) is 0 Å². The van der Waals surface area contributed by atoms with E-state index in [1.54, 1.807) is 0 Å². The summed E-state index contributed by atoms with van der Waals surface area (Å²) in [6.45, 7) is 2.08. The summed E-state index contributed by atoms with van der Waals surface area (Å²) in [5.41, 5.74) is 5.76. The molecule has 1 heteroatoms. The average Bonchev–Trinajstić information content (AvgIpc) is 2.56. The van der Waals surface area contributed by atoms with Crippen LogP contribution in [0.25, 0.3) is 11.1 Å². The number of nitrogens with zero attached hydrogens (tertiary/aromatic N) is 1. The number of benzene rings is 2. The minimum atomic E-state index is 1.03. The van der Waals surface area contributed by atoms with Gasteiger partial charge in [0, 0.05) is 23.3 Å². The first kappa shape index (κ1) is 14.1. The highest BCUT2D eigenvalue weighted by Gasteiger charge is 1.99. The second kappa shape index (κ2) is 6.28. The third-order valence-electron chi connectivity index (χ3n) is 3.60. The SMILES string of the molecule is Cc1ccc(C#Cc2ccc(-c3cc[n+](C)cc3)cc2)cc1. The maximum Gasteiger partial charge on any atom is 0.169 e. The Morgan fingerprint density at radius 3 is 1.64 bits per heavy atom. The summed E-state index contributed by atoms with van der Waals surface area (Å²) in [4.78, 5) is 0. The lowest BCUT2D eigenvalue weighted by atomic mass is 10.1. The normalized spacial score (nSPS) is 9.91. The third-order valence-corrected chi connectivity index (χ3v) is 3.60. The van der Waals surface area contributed by atoms with Gasteiger partial charge in [0.2, 0.25) is 0 Å². The van der Waals surface area contributed by atoms with E-state index in [-0.39, 0.29) is 0 Å². The van der Waals surface area contributed by atoms with Gasteiger partial charge in [0.05, 0.1) is 0 Å². The van der Waals surface area contributed by atoms with Gasteiger partial charge in [-0.25, -0.2) is 4.57 Å². The molecule has 22 heavy (non-hydrogen) atoms. The molecule has 1 heterocycles. The third kappa shape index (κ3) is 3.42. The summed E-state index contributed by atoms with van der Waals surface area (Å²) in [7, 11) is 2.02. The average molecular weight is 284 g/mol. The summed E-state index contributed by atoms with van der Waals surface area (Å²) in [5, 5.41) is 0. The van der Waals surface area contributed by atoms with Crippen molar-refractivity contribution >= 4 is 0 Å². The predicted molar refractivity (Wildman–Crippen MR) is 90.2 cm³/mol. The van der Waals surface area contributed by atoms with Crippen molar-refractivity contribution in [3.63, 3.8) is 0 Å². The van der Waals surface area contributed by atoms with Crippen LogP contribution in [0.5, 0.6) is 0 Å². The van der Waals surface area contributed by atoms with Crippen molar-refractivity contribution in [3.8, 4) is 23.0 Å². The number of rotatable bonds is 1. The molecular formula is C21H18N+. The van der Waals surface area contributed by atoms with Crippen molar-refractivity contribution in [2.45, 2.75) is 6.92 Å². The van der Waals surface area contributed by atoms with Crippen LogP contribution in [-0.2, 0) is 7.05 Å². The van der Waals surface area contributed by atoms with Gasteiger partial charge in [0.1, 0.15) is 7.05 Å². The van der Waals surface area contributed by atoms with Crippen LogP contribution < -0.4 is 4.57 Å². The van der Waals surface area contributed by atoms with Gasteiger partial charge in [-0.05, 0) is 42.3 Å². The zero-order chi connectivity index (χ0) is 15.4. The second-order valence-electron chi connectivity index (χ2n) is 5.45. The van der Waals surface area contributed by atoms with Crippen LogP contribution in [0.2, 0.25) is 0 Å². The zero-order valence-corrected chi connectivity index (χ0v) is 12.9. The monoisotopic (exact) mass is 284 g/mol. The molecular weight excluding hydrogens is 266 g/mol. The van der Waals surface area contributed by atoms with E-state index in [4.69, 9.17) is 0 Å². The van der Waals surface area contributed by atoms with Crippen LogP contribution in [0.1, 0.15) is 16.7 Å². The largest absolute Gasteiger partial charge is 0.208 e. The molecule has 0 bridgehead atoms. The fraction of sp³-hybridized carbons (Fsp3) is 0.0952. The van der Waals surface area contributed by atoms with E-state index in [0.29, 0.717) is 0 Å². The van der Waals surface area contributed by atoms with Crippen molar-refractivity contribution in [2.24, 2.45) is 7.05 Å². The van der Waals surface area contributed by atoms with Crippen LogP contribution in [0, 0.1) is 18.8 Å². The van der Waals surface area contributed by atoms with Gasteiger partial charge in [-0.1, -0.05) is 41.7 Å². The topological polar surface area (TPSA) is 3.88 Å². The minimum Gasteiger partial charge on any atom is -0.208 e. The molecule has 0 aliphatic carbocycles. The van der Waals surface area contributed by atoms with Gasteiger partial charge in [-0.3, -0.25) is 0 Å². The van der Waals surface area contributed by atoms with Gasteiger partial charge in [-0.15, -0.1) is 0 Å². The molecule has 0 fully saturated rings. The molecule has 3 rings (SSSR count). The Balaban J connectivity index is 1.80. The van der Waals surface area contributed by atoms with Gasteiger partial charge >= 0.3 is 0 Å². The first-order valence-electron chi connectivity index (χ1n) is 7.35. The summed E-state index contributed by atoms with van der Waals surface area (Å²) >= 11 is 0. The fourth-order valence-corrected chi connectivity index (χ4v) is 2.22. The van der Waals surface area contributed by atoms with Gasteiger partial charge < -0.3 is 0 Å². The highest BCUT2D eigenvalue weighted by molar-refractivity contribution is 5.63. The number of hydrogen-bond donors (Lipinski definition) is 0. The van der Waals surface area contributed by atoms with Crippen LogP contribution in [0.3, 0.4) is 0 Å². The Bertz CT molecular complexity index is 814. The molecule has 3 aromatic rings. The van der Waals surface area contributed by atoms with E-state index in [9.17, 15) is 0 Å². The van der Waals surface area contributed by atoms with Gasteiger partial charge in [0.25, 0.3) is 0 Å². The lowest BCUT2D eigenvalue weighted by Crippen LogP contribution is -2.25. The molecule has 1 nitrogen and oxygen atoms in total. The Hall–Kier alpha value is -2.85. The fourth-order valence-electron chi connectivity index (χ4n) is 2.22. The molecule has 0 aliphatic rings. The quantitative estimate of drug-likeness (QED) is 0.471. The first-order valence-corrected chi connectivity index (χ1v) is 7.35. The molecule has 0 unspecified atom stereocenters. The summed E-state index contributed by atoms with van der Waals surface area (Å²) in [6.07, 6.45) is 4.11. The lowest BCUT2D eigenvalue weighted by molar-refractivity contribution is -0.671. The Morgan fingerprint density at radius 2 is 1.09 bits per heavy atom. The molecule has 0 radical (unpaired) electrons. The zero-order valence-electron chi connectivity index (χ0n) is 12.9. The summed E-state index contributed by atoms with van der Waals surface area (Å²) in [5.74, 6) is 6.42. The van der Waals surface area contributed by atoms with Crippen molar-refractivity contribution in [2.75, 3.05) is 0 Å². The standard InChI is InChI=1S/C21H18N/c1-17-3-5-18(6-4-17)7-8-19-9-11-20(12-10-19)21-13-15-22(2)16-14-21/h3-6,9-16H,1-2H3/q+1. The first-order chi connectivity index (χ1) is 10.7. The highest BCUT2D eigenvalue weighted by atomic mass is 14.9. The number of aromatic nitrogens is 1. The van der Waals surface area contributed by atoms with Crippen molar-refractivity contribution in [1.82, 2.24) is 0 Å². The Kier molecular flexibility index (Phi) is 4.03. The van der Waals surface area contributed by atoms with Crippen LogP contribution in [0.4, 0.5) is 0 Å². The second-order valence-corrected chi connectivity index (χ2v) is 5.45. The minimum absolute atomic E-state index is 1.03. The Morgan fingerprint density at radius 1 is 0.636 bits per heavy atom. The van der Waals surface area contributed by atoms with Gasteiger partial charge in [0.15, 0.2) is 12.4 Å². The number of pyridine rings is 1. The molecule has 0 spiro atoms. The molecule has 1 aromatic heterocycles. The molecule has 0 saturated heterocycles. The van der Waals surface area contributed by atoms with Crippen molar-refractivity contribution in [3.05, 3.63) is 89.7 Å². The van der Waals surface area contributed by atoms with E-state index in [1.165, 1.54) is 16.7 Å². The molecule has 0 amide bonds. The Labute approximate surface area is 131 Å². The van der Waals surface area contributed by atoms with Crippen LogP contribution in [-0.4, -0.2) is 0 Å². The molecule has 0 atom stereocenters. The smallest absolute Gasteiger partial charge is 0.169 e. The maximum absolute atomic E-state index is 3.21. The van der Waals surface area contributed by atoms with E-state index in [1.807, 2.05) is 11.6 Å². The van der Waals surface area contributed by atoms with E-state index in [2.05, 4.69) is 91.8 Å². The molecule has 0 aliphatic heterocycles. The van der Waals surface area contributed by atoms with Gasteiger partial charge in [-0.2, -0.15) is 0 Å². The summed E-state index contributed by atoms with van der Waals surface area (Å²) < 4.78 is 2.03. The highest BCUT2D eigenvalue weighted by Crippen LogP contribution is 2.18. The van der Waals surface area contributed by atoms with E-state index in [0.717, 1.165) is 11.1 Å². The lowest BCUT2D eigenvalue weighted by Gasteiger charge is -2.00. The molecule has 0 saturated carbocycles. The van der Waals surface area contributed by atoms with Crippen LogP contribution in [0.15, 0.2) is 73.1 Å². The summed E-state index contributed by atoms with van der Waals surface area (Å²) in [6, 6.07) is 20.9. The van der Waals surface area contributed by atoms with E-state index >= 15 is 0 Å². The molecule has 106 valence electrons. The van der Waals surface area contributed by atoms with Crippen molar-refractivity contribution < 1.29 is 4.57 Å². The predicted octanol–water partition coefficient (Wildman–Crippen LogP) is 3.89. The van der Waals surface area contributed by atoms with E-state index < -0.39 is 0 Å². The maximum atomic E-state index is 3.21.